The van der Waals surface area contributed by atoms with Crippen molar-refractivity contribution >= 4 is 11.0 Å². The van der Waals surface area contributed by atoms with Gasteiger partial charge in [0.25, 0.3) is 0 Å². The zero-order valence-corrected chi connectivity index (χ0v) is 11.1. The molecule has 1 atom stereocenters. The molecule has 0 aliphatic heterocycles. The molecule has 0 amide bonds. The molecule has 0 aliphatic rings. The Hall–Kier alpha value is -1.36. The van der Waals surface area contributed by atoms with E-state index in [1.807, 2.05) is 45.0 Å². The van der Waals surface area contributed by atoms with Crippen molar-refractivity contribution in [3.8, 4) is 0 Å². The summed E-state index contributed by atoms with van der Waals surface area (Å²) in [4.78, 5) is 0. The molecule has 0 spiro atoms. The van der Waals surface area contributed by atoms with E-state index < -0.39 is 0 Å². The Labute approximate surface area is 107 Å². The molecule has 4 nitrogen and oxygen atoms in total. The van der Waals surface area contributed by atoms with Crippen LogP contribution in [-0.2, 0) is 4.74 Å². The number of rotatable bonds is 5. The van der Waals surface area contributed by atoms with Crippen molar-refractivity contribution in [1.29, 1.82) is 0 Å². The molecule has 0 aliphatic carbocycles. The molecule has 0 saturated heterocycles. The molecule has 4 heteroatoms. The van der Waals surface area contributed by atoms with Crippen molar-refractivity contribution in [1.82, 2.24) is 5.43 Å². The summed E-state index contributed by atoms with van der Waals surface area (Å²) in [6, 6.07) is 7.97. The Morgan fingerprint density at radius 1 is 1.39 bits per heavy atom. The minimum absolute atomic E-state index is 0.126. The third-order valence-corrected chi connectivity index (χ3v) is 2.90. The topological polar surface area (TPSA) is 60.4 Å². The molecule has 2 rings (SSSR count). The number of benzene rings is 1. The van der Waals surface area contributed by atoms with Crippen LogP contribution in [0.2, 0.25) is 0 Å². The Morgan fingerprint density at radius 2 is 2.17 bits per heavy atom. The molecule has 3 N–H and O–H groups in total. The predicted octanol–water partition coefficient (Wildman–Crippen LogP) is 2.67. The van der Waals surface area contributed by atoms with Crippen LogP contribution in [0, 0.1) is 6.92 Å². The first-order chi connectivity index (χ1) is 8.61. The largest absolute Gasteiger partial charge is 0.459 e. The number of nitrogens with one attached hydrogen (secondary N) is 1. The number of fused-ring (bicyclic) bond motifs is 1. The molecule has 2 aromatic rings. The van der Waals surface area contributed by atoms with Gasteiger partial charge in [-0.2, -0.15) is 0 Å². The maximum absolute atomic E-state index is 5.86. The molecule has 1 aromatic heterocycles. The van der Waals surface area contributed by atoms with Crippen molar-refractivity contribution < 1.29 is 9.15 Å². The Morgan fingerprint density at radius 3 is 2.78 bits per heavy atom. The Kier molecular flexibility index (Phi) is 4.01. The summed E-state index contributed by atoms with van der Waals surface area (Å²) in [6.45, 7) is 6.52. The van der Waals surface area contributed by atoms with Crippen LogP contribution in [0.4, 0.5) is 0 Å². The number of aryl methyl sites for hydroxylation is 1. The van der Waals surface area contributed by atoms with Gasteiger partial charge in [-0.05, 0) is 32.4 Å². The van der Waals surface area contributed by atoms with Gasteiger partial charge in [0.05, 0.1) is 12.7 Å². The van der Waals surface area contributed by atoms with Crippen LogP contribution in [0.15, 0.2) is 28.7 Å². The van der Waals surface area contributed by atoms with Gasteiger partial charge in [-0.15, -0.1) is 0 Å². The van der Waals surface area contributed by atoms with Gasteiger partial charge in [0.15, 0.2) is 0 Å². The molecule has 1 unspecified atom stereocenters. The quantitative estimate of drug-likeness (QED) is 0.631. The standard InChI is InChI=1S/C14H20N2O2/c1-9(2)17-8-12(16-15)13-7-11-6-4-5-10(3)14(11)18-13/h4-7,9,12,16H,8,15H2,1-3H3. The van der Waals surface area contributed by atoms with Crippen molar-refractivity contribution in [2.75, 3.05) is 6.61 Å². The summed E-state index contributed by atoms with van der Waals surface area (Å²) in [6.07, 6.45) is 0.173. The number of para-hydroxylation sites is 1. The second-order valence-corrected chi connectivity index (χ2v) is 4.74. The van der Waals surface area contributed by atoms with E-state index in [2.05, 4.69) is 5.43 Å². The molecule has 1 aromatic carbocycles. The summed E-state index contributed by atoms with van der Waals surface area (Å²) >= 11 is 0. The number of hydrogen-bond acceptors (Lipinski definition) is 4. The smallest absolute Gasteiger partial charge is 0.137 e. The lowest BCUT2D eigenvalue weighted by molar-refractivity contribution is 0.0572. The minimum Gasteiger partial charge on any atom is -0.459 e. The van der Waals surface area contributed by atoms with Crippen LogP contribution < -0.4 is 11.3 Å². The molecule has 0 saturated carbocycles. The summed E-state index contributed by atoms with van der Waals surface area (Å²) in [5, 5.41) is 1.09. The number of hydrogen-bond donors (Lipinski definition) is 2. The SMILES string of the molecule is Cc1cccc2cc(C(COC(C)C)NN)oc12. The fourth-order valence-corrected chi connectivity index (χ4v) is 1.90. The highest BCUT2D eigenvalue weighted by Crippen LogP contribution is 2.26. The van der Waals surface area contributed by atoms with Gasteiger partial charge in [-0.25, -0.2) is 5.43 Å². The number of furan rings is 1. The molecule has 18 heavy (non-hydrogen) atoms. The van der Waals surface area contributed by atoms with E-state index in [1.54, 1.807) is 0 Å². The number of nitrogens with two attached hydrogens (primary N) is 1. The van der Waals surface area contributed by atoms with Gasteiger partial charge >= 0.3 is 0 Å². The third kappa shape index (κ3) is 2.72. The lowest BCUT2D eigenvalue weighted by Gasteiger charge is -2.15. The summed E-state index contributed by atoms with van der Waals surface area (Å²) in [5.41, 5.74) is 4.77. The van der Waals surface area contributed by atoms with Crippen LogP contribution in [0.5, 0.6) is 0 Å². The van der Waals surface area contributed by atoms with Gasteiger partial charge in [-0.1, -0.05) is 18.2 Å². The molecular formula is C14H20N2O2. The average molecular weight is 248 g/mol. The van der Waals surface area contributed by atoms with E-state index in [1.165, 1.54) is 0 Å². The van der Waals surface area contributed by atoms with Crippen molar-refractivity contribution in [3.63, 3.8) is 0 Å². The van der Waals surface area contributed by atoms with Gasteiger partial charge in [0.2, 0.25) is 0 Å². The first kappa shape index (κ1) is 13.1. The fourth-order valence-electron chi connectivity index (χ4n) is 1.90. The van der Waals surface area contributed by atoms with Crippen LogP contribution in [0.25, 0.3) is 11.0 Å². The highest BCUT2D eigenvalue weighted by atomic mass is 16.5. The normalized spacial score (nSPS) is 13.4. The van der Waals surface area contributed by atoms with Gasteiger partial charge in [-0.3, -0.25) is 5.84 Å². The molecule has 0 bridgehead atoms. The maximum Gasteiger partial charge on any atom is 0.137 e. The molecule has 0 fully saturated rings. The lowest BCUT2D eigenvalue weighted by Crippen LogP contribution is -2.31. The fraction of sp³-hybridized carbons (Fsp3) is 0.429. The highest BCUT2D eigenvalue weighted by Gasteiger charge is 2.16. The van der Waals surface area contributed by atoms with E-state index >= 15 is 0 Å². The summed E-state index contributed by atoms with van der Waals surface area (Å²) in [7, 11) is 0. The highest BCUT2D eigenvalue weighted by molar-refractivity contribution is 5.80. The van der Waals surface area contributed by atoms with Crippen LogP contribution >= 0.6 is 0 Å². The van der Waals surface area contributed by atoms with Crippen LogP contribution in [-0.4, -0.2) is 12.7 Å². The molecule has 98 valence electrons. The van der Waals surface area contributed by atoms with Crippen molar-refractivity contribution in [2.45, 2.75) is 32.9 Å². The molecule has 1 heterocycles. The molecular weight excluding hydrogens is 228 g/mol. The molecule has 0 radical (unpaired) electrons. The predicted molar refractivity (Wildman–Crippen MR) is 72.1 cm³/mol. The second-order valence-electron chi connectivity index (χ2n) is 4.74. The minimum atomic E-state index is -0.126. The first-order valence-electron chi connectivity index (χ1n) is 6.18. The number of hydrazine groups is 1. The van der Waals surface area contributed by atoms with E-state index in [-0.39, 0.29) is 12.1 Å². The second kappa shape index (κ2) is 5.52. The van der Waals surface area contributed by atoms with E-state index in [0.29, 0.717) is 6.61 Å². The zero-order valence-electron chi connectivity index (χ0n) is 11.1. The van der Waals surface area contributed by atoms with Crippen LogP contribution in [0.1, 0.15) is 31.2 Å². The van der Waals surface area contributed by atoms with Crippen molar-refractivity contribution in [3.05, 3.63) is 35.6 Å². The zero-order chi connectivity index (χ0) is 13.1. The van der Waals surface area contributed by atoms with Gasteiger partial charge in [0, 0.05) is 5.39 Å². The van der Waals surface area contributed by atoms with Crippen LogP contribution in [0.3, 0.4) is 0 Å². The van der Waals surface area contributed by atoms with E-state index in [4.69, 9.17) is 15.0 Å². The summed E-state index contributed by atoms with van der Waals surface area (Å²) < 4.78 is 11.4. The van der Waals surface area contributed by atoms with E-state index in [9.17, 15) is 0 Å². The monoisotopic (exact) mass is 248 g/mol. The Bertz CT molecular complexity index is 519. The summed E-state index contributed by atoms with van der Waals surface area (Å²) in [5.74, 6) is 6.37. The lowest BCUT2D eigenvalue weighted by atomic mass is 10.1. The Balaban J connectivity index is 2.25. The van der Waals surface area contributed by atoms with Gasteiger partial charge < -0.3 is 9.15 Å². The first-order valence-corrected chi connectivity index (χ1v) is 6.18. The van der Waals surface area contributed by atoms with E-state index in [0.717, 1.165) is 22.3 Å². The number of ether oxygens (including phenoxy) is 1. The third-order valence-electron chi connectivity index (χ3n) is 2.90. The average Bonchev–Trinajstić information content (AvgIpc) is 2.75. The van der Waals surface area contributed by atoms with Gasteiger partial charge in [0.1, 0.15) is 17.4 Å². The maximum atomic E-state index is 5.86. The van der Waals surface area contributed by atoms with Crippen molar-refractivity contribution in [2.24, 2.45) is 5.84 Å².